The largest absolute Gasteiger partial charge is 0.383 e. The van der Waals surface area contributed by atoms with Gasteiger partial charge in [0, 0.05) is 23.2 Å². The summed E-state index contributed by atoms with van der Waals surface area (Å²) in [5, 5.41) is 3.87. The van der Waals surface area contributed by atoms with Crippen molar-refractivity contribution >= 4 is 50.7 Å². The Bertz CT molecular complexity index is 1260. The lowest BCUT2D eigenvalue weighted by molar-refractivity contribution is -0.143. The Morgan fingerprint density at radius 2 is 1.97 bits per heavy atom. The first-order valence-corrected chi connectivity index (χ1v) is 12.3. The number of pyridine rings is 2. The highest BCUT2D eigenvalue weighted by Gasteiger charge is 2.72. The number of fused-ring (bicyclic) bond motifs is 2. The summed E-state index contributed by atoms with van der Waals surface area (Å²) < 4.78 is 0.952. The maximum absolute atomic E-state index is 12.8. The zero-order valence-electron chi connectivity index (χ0n) is 18.8. The lowest BCUT2D eigenvalue weighted by atomic mass is 10.1. The number of hydrogen-bond acceptors (Lipinski definition) is 7. The summed E-state index contributed by atoms with van der Waals surface area (Å²) in [5.41, 5.74) is 9.86. The Morgan fingerprint density at radius 3 is 2.67 bits per heavy atom. The number of nitrogens with two attached hydrogens (primary N) is 1. The van der Waals surface area contributed by atoms with E-state index >= 15 is 0 Å². The Balaban J connectivity index is 1.50. The third kappa shape index (κ3) is 3.61. The van der Waals surface area contributed by atoms with Crippen molar-refractivity contribution in [3.8, 4) is 11.3 Å². The molecular formula is C24H26ClN5O2S. The van der Waals surface area contributed by atoms with Crippen LogP contribution in [0.3, 0.4) is 0 Å². The molecule has 2 atom stereocenters. The normalized spacial score (nSPS) is 21.1. The van der Waals surface area contributed by atoms with E-state index in [0.29, 0.717) is 11.7 Å². The molecule has 33 heavy (non-hydrogen) atoms. The van der Waals surface area contributed by atoms with E-state index in [1.54, 1.807) is 6.20 Å². The van der Waals surface area contributed by atoms with E-state index in [0.717, 1.165) is 50.6 Å². The fourth-order valence-corrected chi connectivity index (χ4v) is 6.30. The predicted molar refractivity (Wildman–Crippen MR) is 131 cm³/mol. The third-order valence-electron chi connectivity index (χ3n) is 6.79. The van der Waals surface area contributed by atoms with Crippen molar-refractivity contribution in [1.29, 1.82) is 0 Å². The molecule has 4 heterocycles. The summed E-state index contributed by atoms with van der Waals surface area (Å²) in [6.07, 6.45) is 2.59. The minimum atomic E-state index is -0.205. The van der Waals surface area contributed by atoms with Gasteiger partial charge in [0.1, 0.15) is 5.15 Å². The molecule has 0 radical (unpaired) electrons. The Labute approximate surface area is 201 Å². The van der Waals surface area contributed by atoms with Crippen LogP contribution >= 0.6 is 22.9 Å². The molecule has 0 spiro atoms. The van der Waals surface area contributed by atoms with E-state index in [-0.39, 0.29) is 35.6 Å². The first-order chi connectivity index (χ1) is 15.7. The molecule has 2 fully saturated rings. The number of nitrogens with one attached hydrogen (secondary N) is 1. The fraction of sp³-hybridized carbons (Fsp3) is 0.417. The standard InChI is InChI=1S/C24H26ClN5O2S/c1-12-9-16(25)29-20(19(12)28-7-4-6-26)14-5-8-27-15-10-13(33-21(14)15)11-30-22(31)17-18(23(30)32)24(17,2)3/h5,8-10,17-18,28H,4,6-7,11,26H2,1-3H3. The number of thiophene rings is 1. The van der Waals surface area contributed by atoms with Gasteiger partial charge in [0.15, 0.2) is 0 Å². The van der Waals surface area contributed by atoms with E-state index in [4.69, 9.17) is 17.3 Å². The molecule has 2 amide bonds. The second-order valence-electron chi connectivity index (χ2n) is 9.38. The average Bonchev–Trinajstić information content (AvgIpc) is 3.02. The maximum atomic E-state index is 12.8. The van der Waals surface area contributed by atoms with Crippen molar-refractivity contribution in [3.63, 3.8) is 0 Å². The lowest BCUT2D eigenvalue weighted by Gasteiger charge is -2.19. The monoisotopic (exact) mass is 483 g/mol. The fourth-order valence-electron chi connectivity index (χ4n) is 4.93. The van der Waals surface area contributed by atoms with Gasteiger partial charge in [0.05, 0.1) is 40.0 Å². The number of piperidine rings is 1. The molecule has 3 aromatic rings. The number of aromatic nitrogens is 2. The first-order valence-electron chi connectivity index (χ1n) is 11.1. The number of amides is 2. The second kappa shape index (κ2) is 8.04. The van der Waals surface area contributed by atoms with Gasteiger partial charge in [-0.15, -0.1) is 11.3 Å². The third-order valence-corrected chi connectivity index (χ3v) is 8.13. The average molecular weight is 484 g/mol. The molecule has 2 aliphatic rings. The van der Waals surface area contributed by atoms with Crippen LogP contribution in [0.15, 0.2) is 24.4 Å². The Morgan fingerprint density at radius 1 is 1.24 bits per heavy atom. The number of rotatable bonds is 7. The zero-order chi connectivity index (χ0) is 23.5. The van der Waals surface area contributed by atoms with Crippen LogP contribution in [0.25, 0.3) is 21.5 Å². The molecule has 2 unspecified atom stereocenters. The quantitative estimate of drug-likeness (QED) is 0.296. The summed E-state index contributed by atoms with van der Waals surface area (Å²) >= 11 is 7.86. The summed E-state index contributed by atoms with van der Waals surface area (Å²) in [5.74, 6) is -0.457. The van der Waals surface area contributed by atoms with Gasteiger partial charge >= 0.3 is 0 Å². The predicted octanol–water partition coefficient (Wildman–Crippen LogP) is 4.22. The summed E-state index contributed by atoms with van der Waals surface area (Å²) in [4.78, 5) is 37.0. The van der Waals surface area contributed by atoms with Crippen molar-refractivity contribution < 1.29 is 9.59 Å². The van der Waals surface area contributed by atoms with Gasteiger partial charge in [-0.1, -0.05) is 25.4 Å². The molecule has 1 aliphatic heterocycles. The molecule has 0 aromatic carbocycles. The van der Waals surface area contributed by atoms with Crippen LogP contribution in [0.1, 0.15) is 30.7 Å². The van der Waals surface area contributed by atoms with Gasteiger partial charge in [0.2, 0.25) is 11.8 Å². The minimum absolute atomic E-state index is 0.0563. The molecule has 1 aliphatic carbocycles. The van der Waals surface area contributed by atoms with E-state index in [1.807, 2.05) is 39.0 Å². The number of likely N-dealkylation sites (tertiary alicyclic amines) is 1. The number of carbonyl (C=O) groups excluding carboxylic acids is 2. The van der Waals surface area contributed by atoms with Crippen LogP contribution in [0, 0.1) is 24.2 Å². The molecule has 172 valence electrons. The minimum Gasteiger partial charge on any atom is -0.383 e. The topological polar surface area (TPSA) is 101 Å². The van der Waals surface area contributed by atoms with Crippen LogP contribution in [0.5, 0.6) is 0 Å². The molecule has 1 saturated carbocycles. The van der Waals surface area contributed by atoms with E-state index in [2.05, 4.69) is 15.3 Å². The smallest absolute Gasteiger partial charge is 0.234 e. The Kier molecular flexibility index (Phi) is 5.42. The van der Waals surface area contributed by atoms with Crippen LogP contribution < -0.4 is 11.1 Å². The molecule has 7 nitrogen and oxygen atoms in total. The van der Waals surface area contributed by atoms with Crippen molar-refractivity contribution in [3.05, 3.63) is 40.0 Å². The van der Waals surface area contributed by atoms with Gasteiger partial charge in [-0.25, -0.2) is 4.98 Å². The number of aryl methyl sites for hydroxylation is 1. The summed E-state index contributed by atoms with van der Waals surface area (Å²) in [6.45, 7) is 7.59. The lowest BCUT2D eigenvalue weighted by Crippen LogP contribution is -2.35. The van der Waals surface area contributed by atoms with Crippen molar-refractivity contribution in [1.82, 2.24) is 14.9 Å². The maximum Gasteiger partial charge on any atom is 0.234 e. The molecule has 1 saturated heterocycles. The highest BCUT2D eigenvalue weighted by Crippen LogP contribution is 2.63. The zero-order valence-corrected chi connectivity index (χ0v) is 20.4. The van der Waals surface area contributed by atoms with E-state index in [1.165, 1.54) is 16.2 Å². The summed E-state index contributed by atoms with van der Waals surface area (Å²) in [7, 11) is 0. The van der Waals surface area contributed by atoms with Gasteiger partial charge in [-0.2, -0.15) is 0 Å². The van der Waals surface area contributed by atoms with E-state index < -0.39 is 0 Å². The van der Waals surface area contributed by atoms with Crippen LogP contribution in [-0.4, -0.2) is 39.8 Å². The highest BCUT2D eigenvalue weighted by atomic mass is 35.5. The number of nitrogens with zero attached hydrogens (tertiary/aromatic N) is 3. The number of anilines is 1. The van der Waals surface area contributed by atoms with Crippen molar-refractivity contribution in [2.75, 3.05) is 18.4 Å². The molecular weight excluding hydrogens is 458 g/mol. The van der Waals surface area contributed by atoms with Crippen LogP contribution in [0.4, 0.5) is 5.69 Å². The highest BCUT2D eigenvalue weighted by molar-refractivity contribution is 7.19. The molecule has 3 N–H and O–H groups in total. The number of halogens is 1. The number of imide groups is 1. The van der Waals surface area contributed by atoms with E-state index in [9.17, 15) is 9.59 Å². The van der Waals surface area contributed by atoms with Crippen molar-refractivity contribution in [2.45, 2.75) is 33.7 Å². The van der Waals surface area contributed by atoms with Gasteiger partial charge < -0.3 is 11.1 Å². The number of hydrogen-bond donors (Lipinski definition) is 2. The Hall–Kier alpha value is -2.55. The molecule has 0 bridgehead atoms. The van der Waals surface area contributed by atoms with Gasteiger partial charge in [0.25, 0.3) is 0 Å². The van der Waals surface area contributed by atoms with Gasteiger partial charge in [-0.05, 0) is 49.1 Å². The first kappa shape index (κ1) is 22.3. The summed E-state index contributed by atoms with van der Waals surface area (Å²) in [6, 6.07) is 5.72. The van der Waals surface area contributed by atoms with Crippen molar-refractivity contribution in [2.24, 2.45) is 23.0 Å². The SMILES string of the molecule is Cc1cc(Cl)nc(-c2ccnc3cc(CN4C(=O)C5C(C4=O)C5(C)C)sc23)c1NCCCN. The number of carbonyl (C=O) groups is 2. The van der Waals surface area contributed by atoms with Gasteiger partial charge in [-0.3, -0.25) is 19.5 Å². The molecule has 3 aromatic heterocycles. The van der Waals surface area contributed by atoms with Crippen LogP contribution in [0.2, 0.25) is 5.15 Å². The molecule has 5 rings (SSSR count). The second-order valence-corrected chi connectivity index (χ2v) is 10.9. The molecule has 9 heteroatoms. The van der Waals surface area contributed by atoms with Crippen LogP contribution in [-0.2, 0) is 16.1 Å².